The van der Waals surface area contributed by atoms with Crippen LogP contribution in [0.5, 0.6) is 5.75 Å². The van der Waals surface area contributed by atoms with Gasteiger partial charge in [0.2, 0.25) is 0 Å². The van der Waals surface area contributed by atoms with Gasteiger partial charge in [0.25, 0.3) is 5.91 Å². The Balaban J connectivity index is 1.66. The summed E-state index contributed by atoms with van der Waals surface area (Å²) in [5.74, 6) is -0.258. The van der Waals surface area contributed by atoms with E-state index in [4.69, 9.17) is 16.3 Å². The highest BCUT2D eigenvalue weighted by molar-refractivity contribution is 6.29. The number of hydrogen-bond donors (Lipinski definition) is 1. The van der Waals surface area contributed by atoms with Crippen LogP contribution >= 0.6 is 11.6 Å². The number of carbonyl (C=O) groups is 1. The van der Waals surface area contributed by atoms with Gasteiger partial charge in [-0.3, -0.25) is 4.79 Å². The lowest BCUT2D eigenvalue weighted by molar-refractivity contribution is 0.102. The summed E-state index contributed by atoms with van der Waals surface area (Å²) in [5, 5.41) is 2.84. The molecule has 0 spiro atoms. The fraction of sp³-hybridized carbons (Fsp3) is 0.111. The van der Waals surface area contributed by atoms with Crippen LogP contribution in [0.2, 0.25) is 5.15 Å². The first-order chi connectivity index (χ1) is 12.5. The number of rotatable bonds is 5. The molecule has 0 unspecified atom stereocenters. The maximum Gasteiger partial charge on any atom is 0.277 e. The second-order valence-corrected chi connectivity index (χ2v) is 5.76. The molecule has 0 atom stereocenters. The SMILES string of the molecule is COc1cc(Cc2ccc(NC(=O)c3cnc(Cl)cn3)nc2)ccc1F. The summed E-state index contributed by atoms with van der Waals surface area (Å²) in [6.07, 6.45) is 4.78. The van der Waals surface area contributed by atoms with Gasteiger partial charge in [-0.2, -0.15) is 0 Å². The predicted molar refractivity (Wildman–Crippen MR) is 95.0 cm³/mol. The first kappa shape index (κ1) is 17.8. The Morgan fingerprint density at radius 1 is 1.12 bits per heavy atom. The second kappa shape index (κ2) is 7.88. The normalized spacial score (nSPS) is 10.4. The predicted octanol–water partition coefficient (Wildman–Crippen LogP) is 3.52. The van der Waals surface area contributed by atoms with Crippen LogP contribution in [0.15, 0.2) is 48.9 Å². The number of ether oxygens (including phenoxy) is 1. The Bertz CT molecular complexity index is 917. The fourth-order valence-corrected chi connectivity index (χ4v) is 2.36. The van der Waals surface area contributed by atoms with Crippen LogP contribution in [0.1, 0.15) is 21.6 Å². The van der Waals surface area contributed by atoms with Crippen molar-refractivity contribution >= 4 is 23.3 Å². The van der Waals surface area contributed by atoms with Gasteiger partial charge in [0.05, 0.1) is 19.5 Å². The maximum absolute atomic E-state index is 13.5. The standard InChI is InChI=1S/C18H14ClFN4O2/c1-26-15-7-11(2-4-13(15)20)6-12-3-5-17(23-8-12)24-18(25)14-9-22-16(19)10-21-14/h2-5,7-10H,6H2,1H3,(H,23,24,25). The number of nitrogens with one attached hydrogen (secondary N) is 1. The van der Waals surface area contributed by atoms with Crippen LogP contribution in [-0.4, -0.2) is 28.0 Å². The van der Waals surface area contributed by atoms with E-state index in [1.54, 1.807) is 24.4 Å². The number of anilines is 1. The fourth-order valence-electron chi connectivity index (χ4n) is 2.26. The molecule has 8 heteroatoms. The first-order valence-corrected chi connectivity index (χ1v) is 7.99. The van der Waals surface area contributed by atoms with Gasteiger partial charge in [-0.05, 0) is 35.7 Å². The number of hydrogen-bond acceptors (Lipinski definition) is 5. The molecule has 0 radical (unpaired) electrons. The number of carbonyl (C=O) groups excluding carboxylic acids is 1. The quantitative estimate of drug-likeness (QED) is 0.741. The van der Waals surface area contributed by atoms with Gasteiger partial charge in [-0.15, -0.1) is 0 Å². The van der Waals surface area contributed by atoms with Crippen molar-refractivity contribution in [2.75, 3.05) is 12.4 Å². The van der Waals surface area contributed by atoms with Gasteiger partial charge in [-0.1, -0.05) is 23.7 Å². The molecule has 6 nitrogen and oxygen atoms in total. The van der Waals surface area contributed by atoms with Crippen LogP contribution in [0.4, 0.5) is 10.2 Å². The second-order valence-electron chi connectivity index (χ2n) is 5.38. The molecule has 0 aliphatic heterocycles. The summed E-state index contributed by atoms with van der Waals surface area (Å²) in [4.78, 5) is 24.0. The summed E-state index contributed by atoms with van der Waals surface area (Å²) in [5.41, 5.74) is 1.93. The van der Waals surface area contributed by atoms with E-state index in [1.165, 1.54) is 25.6 Å². The van der Waals surface area contributed by atoms with Crippen LogP contribution < -0.4 is 10.1 Å². The molecular weight excluding hydrogens is 359 g/mol. The zero-order valence-electron chi connectivity index (χ0n) is 13.7. The highest BCUT2D eigenvalue weighted by atomic mass is 35.5. The van der Waals surface area contributed by atoms with E-state index in [0.29, 0.717) is 12.2 Å². The van der Waals surface area contributed by atoms with Gasteiger partial charge < -0.3 is 10.1 Å². The van der Waals surface area contributed by atoms with Crippen LogP contribution in [0.25, 0.3) is 0 Å². The molecule has 0 aliphatic carbocycles. The van der Waals surface area contributed by atoms with Crippen LogP contribution in [0.3, 0.4) is 0 Å². The average Bonchev–Trinajstić information content (AvgIpc) is 2.65. The Kier molecular flexibility index (Phi) is 5.38. The lowest BCUT2D eigenvalue weighted by atomic mass is 10.1. The number of benzene rings is 1. The van der Waals surface area contributed by atoms with Gasteiger partial charge >= 0.3 is 0 Å². The molecule has 3 aromatic rings. The van der Waals surface area contributed by atoms with Crippen LogP contribution in [0, 0.1) is 5.82 Å². The van der Waals surface area contributed by atoms with E-state index in [-0.39, 0.29) is 16.6 Å². The Labute approximate surface area is 154 Å². The molecule has 0 bridgehead atoms. The summed E-state index contributed by atoms with van der Waals surface area (Å²) < 4.78 is 18.4. The Morgan fingerprint density at radius 3 is 2.58 bits per heavy atom. The number of methoxy groups -OCH3 is 1. The third-order valence-electron chi connectivity index (χ3n) is 3.54. The molecule has 2 aromatic heterocycles. The molecule has 3 rings (SSSR count). The molecule has 26 heavy (non-hydrogen) atoms. The summed E-state index contributed by atoms with van der Waals surface area (Å²) >= 11 is 5.64. The molecule has 1 aromatic carbocycles. The minimum absolute atomic E-state index is 0.138. The molecule has 1 N–H and O–H groups in total. The van der Waals surface area contributed by atoms with Crippen molar-refractivity contribution in [2.24, 2.45) is 0 Å². The van der Waals surface area contributed by atoms with E-state index in [0.717, 1.165) is 11.1 Å². The van der Waals surface area contributed by atoms with Gasteiger partial charge in [0, 0.05) is 6.20 Å². The number of aromatic nitrogens is 3. The molecule has 2 heterocycles. The topological polar surface area (TPSA) is 77.0 Å². The average molecular weight is 373 g/mol. The van der Waals surface area contributed by atoms with Crippen molar-refractivity contribution in [3.63, 3.8) is 0 Å². The van der Waals surface area contributed by atoms with Crippen molar-refractivity contribution < 1.29 is 13.9 Å². The van der Waals surface area contributed by atoms with Crippen molar-refractivity contribution in [1.82, 2.24) is 15.0 Å². The zero-order valence-corrected chi connectivity index (χ0v) is 14.5. The molecule has 0 saturated carbocycles. The summed E-state index contributed by atoms with van der Waals surface area (Å²) in [6, 6.07) is 8.20. The van der Waals surface area contributed by atoms with Crippen LogP contribution in [-0.2, 0) is 6.42 Å². The lowest BCUT2D eigenvalue weighted by Crippen LogP contribution is -2.14. The number of pyridine rings is 1. The van der Waals surface area contributed by atoms with E-state index >= 15 is 0 Å². The van der Waals surface area contributed by atoms with Crippen molar-refractivity contribution in [2.45, 2.75) is 6.42 Å². The molecule has 0 saturated heterocycles. The minimum atomic E-state index is -0.433. The van der Waals surface area contributed by atoms with E-state index in [2.05, 4.69) is 20.3 Å². The number of halogens is 2. The monoisotopic (exact) mass is 372 g/mol. The largest absolute Gasteiger partial charge is 0.494 e. The van der Waals surface area contributed by atoms with E-state index in [9.17, 15) is 9.18 Å². The van der Waals surface area contributed by atoms with Gasteiger partial charge in [0.15, 0.2) is 11.6 Å². The lowest BCUT2D eigenvalue weighted by Gasteiger charge is -2.07. The highest BCUT2D eigenvalue weighted by Crippen LogP contribution is 2.20. The van der Waals surface area contributed by atoms with Crippen molar-refractivity contribution in [3.05, 3.63) is 76.7 Å². The van der Waals surface area contributed by atoms with Gasteiger partial charge in [0.1, 0.15) is 16.7 Å². The Morgan fingerprint density at radius 2 is 1.92 bits per heavy atom. The third-order valence-corrected chi connectivity index (χ3v) is 3.74. The summed E-state index contributed by atoms with van der Waals surface area (Å²) in [7, 11) is 1.42. The highest BCUT2D eigenvalue weighted by Gasteiger charge is 2.09. The van der Waals surface area contributed by atoms with E-state index < -0.39 is 11.7 Å². The van der Waals surface area contributed by atoms with Crippen molar-refractivity contribution in [1.29, 1.82) is 0 Å². The molecule has 0 aliphatic rings. The Hall–Kier alpha value is -3.06. The summed E-state index contributed by atoms with van der Waals surface area (Å²) in [6.45, 7) is 0. The maximum atomic E-state index is 13.5. The number of nitrogens with zero attached hydrogens (tertiary/aromatic N) is 3. The van der Waals surface area contributed by atoms with E-state index in [1.807, 2.05) is 6.07 Å². The molecule has 1 amide bonds. The molecule has 0 fully saturated rings. The zero-order chi connectivity index (χ0) is 18.5. The smallest absolute Gasteiger partial charge is 0.277 e. The molecule has 132 valence electrons. The third kappa shape index (κ3) is 4.31. The molecular formula is C18H14ClFN4O2. The van der Waals surface area contributed by atoms with Gasteiger partial charge in [-0.25, -0.2) is 19.3 Å². The van der Waals surface area contributed by atoms with Crippen molar-refractivity contribution in [3.8, 4) is 5.75 Å². The first-order valence-electron chi connectivity index (χ1n) is 7.61. The minimum Gasteiger partial charge on any atom is -0.494 e. The number of amides is 1.